The van der Waals surface area contributed by atoms with E-state index in [1.807, 2.05) is 25.1 Å². The molecule has 1 aromatic heterocycles. The van der Waals surface area contributed by atoms with Crippen molar-refractivity contribution in [3.8, 4) is 0 Å². The number of nitrogens with one attached hydrogen (secondary N) is 2. The first-order valence-corrected chi connectivity index (χ1v) is 7.20. The second-order valence-electron chi connectivity index (χ2n) is 5.15. The van der Waals surface area contributed by atoms with E-state index in [4.69, 9.17) is 11.6 Å². The molecule has 1 saturated heterocycles. The predicted octanol–water partition coefficient (Wildman–Crippen LogP) is 1.57. The topological polar surface area (TPSA) is 71.8 Å². The second kappa shape index (κ2) is 5.83. The van der Waals surface area contributed by atoms with Gasteiger partial charge in [0.25, 0.3) is 5.91 Å². The van der Waals surface area contributed by atoms with Crippen LogP contribution in [-0.4, -0.2) is 34.0 Å². The lowest BCUT2D eigenvalue weighted by atomic mass is 10.1. The van der Waals surface area contributed by atoms with Crippen LogP contribution in [0.15, 0.2) is 30.5 Å². The van der Waals surface area contributed by atoms with Gasteiger partial charge in [0.15, 0.2) is 5.69 Å². The molecule has 110 valence electrons. The molecule has 2 heterocycles. The van der Waals surface area contributed by atoms with E-state index in [0.717, 1.165) is 18.7 Å². The standard InChI is InChI=1S/C14H16ClN5O/c1-9(10-3-2-4-11(15)5-10)17-14(21)13-8-20(19-18-13)12-6-16-7-12/h2-5,8-9,12,16H,6-7H2,1H3,(H,17,21)/t9-/m0/s1. The summed E-state index contributed by atoms with van der Waals surface area (Å²) >= 11 is 5.96. The summed E-state index contributed by atoms with van der Waals surface area (Å²) in [6.07, 6.45) is 1.69. The van der Waals surface area contributed by atoms with E-state index in [1.165, 1.54) is 0 Å². The Morgan fingerprint density at radius 3 is 3.00 bits per heavy atom. The Kier molecular flexibility index (Phi) is 3.90. The Morgan fingerprint density at radius 2 is 2.33 bits per heavy atom. The van der Waals surface area contributed by atoms with Crippen LogP contribution in [0.1, 0.15) is 35.1 Å². The molecule has 1 aromatic carbocycles. The van der Waals surface area contributed by atoms with Gasteiger partial charge in [-0.3, -0.25) is 4.79 Å². The van der Waals surface area contributed by atoms with Crippen molar-refractivity contribution in [2.75, 3.05) is 13.1 Å². The molecule has 3 rings (SSSR count). The lowest BCUT2D eigenvalue weighted by Crippen LogP contribution is -2.43. The van der Waals surface area contributed by atoms with Gasteiger partial charge in [-0.25, -0.2) is 4.68 Å². The maximum Gasteiger partial charge on any atom is 0.273 e. The summed E-state index contributed by atoms with van der Waals surface area (Å²) in [5.41, 5.74) is 1.28. The summed E-state index contributed by atoms with van der Waals surface area (Å²) in [5.74, 6) is -0.235. The zero-order valence-corrected chi connectivity index (χ0v) is 12.3. The molecule has 0 unspecified atom stereocenters. The molecule has 21 heavy (non-hydrogen) atoms. The average molecular weight is 306 g/mol. The first-order chi connectivity index (χ1) is 10.1. The molecule has 6 nitrogen and oxygen atoms in total. The largest absolute Gasteiger partial charge is 0.344 e. The van der Waals surface area contributed by atoms with Gasteiger partial charge >= 0.3 is 0 Å². The van der Waals surface area contributed by atoms with Gasteiger partial charge in [-0.05, 0) is 24.6 Å². The minimum atomic E-state index is -0.235. The first-order valence-electron chi connectivity index (χ1n) is 6.82. The Hall–Kier alpha value is -1.92. The van der Waals surface area contributed by atoms with Gasteiger partial charge in [-0.1, -0.05) is 28.9 Å². The molecule has 0 spiro atoms. The smallest absolute Gasteiger partial charge is 0.273 e. The number of rotatable bonds is 4. The van der Waals surface area contributed by atoms with Gasteiger partial charge in [-0.2, -0.15) is 0 Å². The molecule has 2 aromatic rings. The van der Waals surface area contributed by atoms with Crippen molar-refractivity contribution in [2.24, 2.45) is 0 Å². The predicted molar refractivity (Wildman–Crippen MR) is 79.3 cm³/mol. The fourth-order valence-electron chi connectivity index (χ4n) is 2.15. The fourth-order valence-corrected chi connectivity index (χ4v) is 2.35. The summed E-state index contributed by atoms with van der Waals surface area (Å²) in [7, 11) is 0. The van der Waals surface area contributed by atoms with Crippen LogP contribution in [0.5, 0.6) is 0 Å². The third kappa shape index (κ3) is 3.06. The minimum Gasteiger partial charge on any atom is -0.344 e. The molecule has 1 aliphatic heterocycles. The summed E-state index contributed by atoms with van der Waals surface area (Å²) in [5, 5.41) is 14.6. The maximum absolute atomic E-state index is 12.2. The van der Waals surface area contributed by atoms with E-state index >= 15 is 0 Å². The van der Waals surface area contributed by atoms with Crippen LogP contribution in [0.25, 0.3) is 0 Å². The van der Waals surface area contributed by atoms with Gasteiger partial charge < -0.3 is 10.6 Å². The highest BCUT2D eigenvalue weighted by atomic mass is 35.5. The summed E-state index contributed by atoms with van der Waals surface area (Å²) < 4.78 is 1.73. The molecular weight excluding hydrogens is 290 g/mol. The van der Waals surface area contributed by atoms with E-state index in [0.29, 0.717) is 16.8 Å². The number of amides is 1. The molecule has 0 saturated carbocycles. The Balaban J connectivity index is 1.66. The van der Waals surface area contributed by atoms with E-state index < -0.39 is 0 Å². The third-order valence-electron chi connectivity index (χ3n) is 3.57. The van der Waals surface area contributed by atoms with Crippen LogP contribution in [0.3, 0.4) is 0 Å². The van der Waals surface area contributed by atoms with E-state index in [2.05, 4.69) is 20.9 Å². The molecule has 1 fully saturated rings. The highest BCUT2D eigenvalue weighted by Crippen LogP contribution is 2.18. The van der Waals surface area contributed by atoms with Crippen LogP contribution in [-0.2, 0) is 0 Å². The number of carbonyl (C=O) groups is 1. The van der Waals surface area contributed by atoms with Crippen molar-refractivity contribution in [1.82, 2.24) is 25.6 Å². The quantitative estimate of drug-likeness (QED) is 0.899. The number of hydrogen-bond donors (Lipinski definition) is 2. The van der Waals surface area contributed by atoms with Gasteiger partial charge in [0, 0.05) is 18.1 Å². The molecule has 2 N–H and O–H groups in total. The van der Waals surface area contributed by atoms with Crippen molar-refractivity contribution in [3.63, 3.8) is 0 Å². The number of nitrogens with zero attached hydrogens (tertiary/aromatic N) is 3. The lowest BCUT2D eigenvalue weighted by molar-refractivity contribution is 0.0934. The van der Waals surface area contributed by atoms with E-state index in [9.17, 15) is 4.79 Å². The highest BCUT2D eigenvalue weighted by molar-refractivity contribution is 6.30. The van der Waals surface area contributed by atoms with Crippen molar-refractivity contribution in [1.29, 1.82) is 0 Å². The zero-order chi connectivity index (χ0) is 14.8. The molecule has 7 heteroatoms. The van der Waals surface area contributed by atoms with Gasteiger partial charge in [0.1, 0.15) is 0 Å². The molecule has 1 amide bonds. The Morgan fingerprint density at radius 1 is 1.52 bits per heavy atom. The van der Waals surface area contributed by atoms with Crippen LogP contribution >= 0.6 is 11.6 Å². The molecule has 0 bridgehead atoms. The summed E-state index contributed by atoms with van der Waals surface area (Å²) in [6, 6.07) is 7.57. The van der Waals surface area contributed by atoms with E-state index in [-0.39, 0.29) is 11.9 Å². The Labute approximate surface area is 127 Å². The lowest BCUT2D eigenvalue weighted by Gasteiger charge is -2.26. The summed E-state index contributed by atoms with van der Waals surface area (Å²) in [4.78, 5) is 12.2. The SMILES string of the molecule is C[C@H](NC(=O)c1cn(C2CNC2)nn1)c1cccc(Cl)c1. The summed E-state index contributed by atoms with van der Waals surface area (Å²) in [6.45, 7) is 3.64. The molecule has 0 radical (unpaired) electrons. The van der Waals surface area contributed by atoms with Crippen LogP contribution in [0, 0.1) is 0 Å². The zero-order valence-electron chi connectivity index (χ0n) is 11.6. The number of carbonyl (C=O) groups excluding carboxylic acids is 1. The van der Waals surface area contributed by atoms with Crippen LogP contribution in [0.4, 0.5) is 0 Å². The highest BCUT2D eigenvalue weighted by Gasteiger charge is 2.22. The van der Waals surface area contributed by atoms with E-state index in [1.54, 1.807) is 16.9 Å². The number of halogens is 1. The van der Waals surface area contributed by atoms with Gasteiger partial charge in [0.05, 0.1) is 18.3 Å². The molecule has 0 aliphatic carbocycles. The maximum atomic E-state index is 12.2. The molecule has 1 atom stereocenters. The van der Waals surface area contributed by atoms with Crippen molar-refractivity contribution >= 4 is 17.5 Å². The van der Waals surface area contributed by atoms with Crippen molar-refractivity contribution in [3.05, 3.63) is 46.7 Å². The van der Waals surface area contributed by atoms with Crippen molar-refractivity contribution < 1.29 is 4.79 Å². The monoisotopic (exact) mass is 305 g/mol. The fraction of sp³-hybridized carbons (Fsp3) is 0.357. The van der Waals surface area contributed by atoms with Crippen LogP contribution < -0.4 is 10.6 Å². The normalized spacial score (nSPS) is 16.3. The molecule has 1 aliphatic rings. The Bertz CT molecular complexity index is 652. The van der Waals surface area contributed by atoms with Gasteiger partial charge in [0.2, 0.25) is 0 Å². The number of aromatic nitrogens is 3. The minimum absolute atomic E-state index is 0.147. The van der Waals surface area contributed by atoms with Gasteiger partial charge in [-0.15, -0.1) is 5.10 Å². The second-order valence-corrected chi connectivity index (χ2v) is 5.58. The number of hydrogen-bond acceptors (Lipinski definition) is 4. The third-order valence-corrected chi connectivity index (χ3v) is 3.81. The number of benzene rings is 1. The molecular formula is C14H16ClN5O. The van der Waals surface area contributed by atoms with Crippen molar-refractivity contribution in [2.45, 2.75) is 19.0 Å². The van der Waals surface area contributed by atoms with Crippen LogP contribution in [0.2, 0.25) is 5.02 Å². The first kappa shape index (κ1) is 14.0. The average Bonchev–Trinajstić information content (AvgIpc) is 2.86.